The van der Waals surface area contributed by atoms with Gasteiger partial charge < -0.3 is 5.11 Å². The average Bonchev–Trinajstić information content (AvgIpc) is 2.25. The molecule has 1 aromatic rings. The molecule has 0 spiro atoms. The van der Waals surface area contributed by atoms with Gasteiger partial charge in [0.25, 0.3) is 11.4 Å². The zero-order valence-electron chi connectivity index (χ0n) is 8.27. The van der Waals surface area contributed by atoms with Crippen LogP contribution in [0.3, 0.4) is 0 Å². The highest BCUT2D eigenvalue weighted by molar-refractivity contribution is 5.86. The van der Waals surface area contributed by atoms with Gasteiger partial charge in [0.15, 0.2) is 0 Å². The molecule has 1 N–H and O–H groups in total. The largest absolute Gasteiger partial charge is 0.478 e. The zero-order valence-corrected chi connectivity index (χ0v) is 8.27. The van der Waals surface area contributed by atoms with E-state index >= 15 is 0 Å². The summed E-state index contributed by atoms with van der Waals surface area (Å²) in [4.78, 5) is 29.8. The van der Waals surface area contributed by atoms with Gasteiger partial charge in [-0.25, -0.2) is 4.79 Å². The van der Waals surface area contributed by atoms with Gasteiger partial charge in [0.05, 0.1) is 21.5 Å². The minimum atomic E-state index is -1.27. The number of hydrogen-bond donors (Lipinski definition) is 1. The Hall–Kier alpha value is -2.77. The molecule has 0 heterocycles. The van der Waals surface area contributed by atoms with Crippen LogP contribution in [0.15, 0.2) is 24.3 Å². The fourth-order valence-corrected chi connectivity index (χ4v) is 1.11. The first-order chi connectivity index (χ1) is 7.91. The number of benzene rings is 1. The number of nitro groups is 2. The van der Waals surface area contributed by atoms with Gasteiger partial charge in [0.1, 0.15) is 0 Å². The molecule has 0 atom stereocenters. The summed E-state index contributed by atoms with van der Waals surface area (Å²) in [5, 5.41) is 29.4. The van der Waals surface area contributed by atoms with Crippen LogP contribution in [0.4, 0.5) is 11.4 Å². The normalized spacial score (nSPS) is 10.4. The van der Waals surface area contributed by atoms with Crippen LogP contribution in [0.5, 0.6) is 0 Å². The number of nitro benzene ring substituents is 2. The monoisotopic (exact) mass is 238 g/mol. The van der Waals surface area contributed by atoms with Crippen LogP contribution in [0.1, 0.15) is 5.56 Å². The molecule has 8 heteroatoms. The third-order valence-electron chi connectivity index (χ3n) is 1.83. The maximum absolute atomic E-state index is 10.6. The number of carboxylic acids is 1. The van der Waals surface area contributed by atoms with E-state index in [2.05, 4.69) is 0 Å². The summed E-state index contributed by atoms with van der Waals surface area (Å²) >= 11 is 0. The first-order valence-corrected chi connectivity index (χ1v) is 4.25. The lowest BCUT2D eigenvalue weighted by Gasteiger charge is -1.97. The summed E-state index contributed by atoms with van der Waals surface area (Å²) in [5.41, 5.74) is -0.955. The third kappa shape index (κ3) is 3.09. The van der Waals surface area contributed by atoms with Gasteiger partial charge in [-0.1, -0.05) is 0 Å². The van der Waals surface area contributed by atoms with Gasteiger partial charge in [-0.05, 0) is 12.1 Å². The number of aliphatic carboxylic acids is 1. The van der Waals surface area contributed by atoms with Gasteiger partial charge >= 0.3 is 5.97 Å². The van der Waals surface area contributed by atoms with Crippen LogP contribution in [0, 0.1) is 20.2 Å². The van der Waals surface area contributed by atoms with Crippen molar-refractivity contribution in [2.24, 2.45) is 0 Å². The lowest BCUT2D eigenvalue weighted by Crippen LogP contribution is -1.95. The minimum Gasteiger partial charge on any atom is -0.478 e. The fraction of sp³-hybridized carbons (Fsp3) is 0. The van der Waals surface area contributed by atoms with Crippen LogP contribution in [0.25, 0.3) is 6.08 Å². The molecule has 88 valence electrons. The summed E-state index contributed by atoms with van der Waals surface area (Å²) in [6.45, 7) is 0. The van der Waals surface area contributed by atoms with Crippen molar-refractivity contribution in [3.05, 3.63) is 50.1 Å². The summed E-state index contributed by atoms with van der Waals surface area (Å²) in [7, 11) is 0. The van der Waals surface area contributed by atoms with Gasteiger partial charge in [-0.3, -0.25) is 20.2 Å². The zero-order chi connectivity index (χ0) is 13.0. The van der Waals surface area contributed by atoms with Crippen LogP contribution in [-0.4, -0.2) is 20.9 Å². The van der Waals surface area contributed by atoms with Crippen LogP contribution < -0.4 is 0 Å². The van der Waals surface area contributed by atoms with E-state index in [0.717, 1.165) is 24.3 Å². The highest BCUT2D eigenvalue weighted by Crippen LogP contribution is 2.25. The average molecular weight is 238 g/mol. The second-order valence-corrected chi connectivity index (χ2v) is 2.93. The Kier molecular flexibility index (Phi) is 3.50. The predicted octanol–water partition coefficient (Wildman–Crippen LogP) is 1.60. The predicted molar refractivity (Wildman–Crippen MR) is 56.4 cm³/mol. The minimum absolute atomic E-state index is 0.0111. The van der Waals surface area contributed by atoms with Gasteiger partial charge in [-0.15, -0.1) is 0 Å². The Morgan fingerprint density at radius 2 is 1.88 bits per heavy atom. The second-order valence-electron chi connectivity index (χ2n) is 2.93. The van der Waals surface area contributed by atoms with Gasteiger partial charge in [0.2, 0.25) is 0 Å². The van der Waals surface area contributed by atoms with Crippen LogP contribution in [-0.2, 0) is 4.79 Å². The molecule has 0 saturated heterocycles. The number of carboxylic acid groups (broad SMARTS) is 1. The molecule has 17 heavy (non-hydrogen) atoms. The SMILES string of the molecule is O=C(O)C=Cc1ccc([N+](=O)[O-])cc1[N+](=O)[O-]. The molecule has 0 amide bonds. The molecule has 0 unspecified atom stereocenters. The molecule has 0 aliphatic rings. The molecular weight excluding hydrogens is 232 g/mol. The van der Waals surface area contributed by atoms with Crippen molar-refractivity contribution in [3.63, 3.8) is 0 Å². The summed E-state index contributed by atoms with van der Waals surface area (Å²) < 4.78 is 0. The van der Waals surface area contributed by atoms with Crippen LogP contribution in [0.2, 0.25) is 0 Å². The Morgan fingerprint density at radius 3 is 2.35 bits per heavy atom. The molecule has 0 radical (unpaired) electrons. The quantitative estimate of drug-likeness (QED) is 0.482. The Balaban J connectivity index is 3.27. The first kappa shape index (κ1) is 12.3. The van der Waals surface area contributed by atoms with E-state index in [0.29, 0.717) is 6.08 Å². The number of rotatable bonds is 4. The molecular formula is C9H6N2O6. The maximum atomic E-state index is 10.6. The molecule has 0 saturated carbocycles. The van der Waals surface area contributed by atoms with E-state index in [1.54, 1.807) is 0 Å². The van der Waals surface area contributed by atoms with Gasteiger partial charge in [-0.2, -0.15) is 0 Å². The van der Waals surface area contributed by atoms with E-state index in [-0.39, 0.29) is 5.56 Å². The van der Waals surface area contributed by atoms with Crippen LogP contribution >= 0.6 is 0 Å². The van der Waals surface area contributed by atoms with Crippen molar-refractivity contribution >= 4 is 23.4 Å². The van der Waals surface area contributed by atoms with E-state index < -0.39 is 27.2 Å². The summed E-state index contributed by atoms with van der Waals surface area (Å²) in [6, 6.07) is 2.96. The summed E-state index contributed by atoms with van der Waals surface area (Å²) in [6.07, 6.45) is 1.72. The Morgan fingerprint density at radius 1 is 1.24 bits per heavy atom. The topological polar surface area (TPSA) is 124 Å². The molecule has 0 fully saturated rings. The molecule has 8 nitrogen and oxygen atoms in total. The first-order valence-electron chi connectivity index (χ1n) is 4.25. The molecule has 1 aromatic carbocycles. The highest BCUT2D eigenvalue weighted by Gasteiger charge is 2.17. The molecule has 0 bridgehead atoms. The number of carbonyl (C=O) groups is 1. The second kappa shape index (κ2) is 4.84. The number of non-ortho nitro benzene ring substituents is 1. The molecule has 0 aliphatic carbocycles. The van der Waals surface area contributed by atoms with Crippen molar-refractivity contribution in [3.8, 4) is 0 Å². The van der Waals surface area contributed by atoms with Crippen molar-refractivity contribution in [1.29, 1.82) is 0 Å². The van der Waals surface area contributed by atoms with E-state index in [1.807, 2.05) is 0 Å². The third-order valence-corrected chi connectivity index (χ3v) is 1.83. The smallest absolute Gasteiger partial charge is 0.328 e. The standard InChI is InChI=1S/C9H6N2O6/c12-9(13)4-2-6-1-3-7(10(14)15)5-8(6)11(16)17/h1-5H,(H,12,13). The van der Waals surface area contributed by atoms with Crippen molar-refractivity contribution < 1.29 is 19.7 Å². The Labute approximate surface area is 94.1 Å². The maximum Gasteiger partial charge on any atom is 0.328 e. The molecule has 0 aromatic heterocycles. The van der Waals surface area contributed by atoms with Crippen molar-refractivity contribution in [2.75, 3.05) is 0 Å². The van der Waals surface area contributed by atoms with E-state index in [4.69, 9.17) is 5.11 Å². The Bertz CT molecular complexity index is 522. The molecule has 1 rings (SSSR count). The number of hydrogen-bond acceptors (Lipinski definition) is 5. The van der Waals surface area contributed by atoms with Gasteiger partial charge in [0, 0.05) is 12.1 Å². The fourth-order valence-electron chi connectivity index (χ4n) is 1.11. The number of nitrogens with zero attached hydrogens (tertiary/aromatic N) is 2. The van der Waals surface area contributed by atoms with Crippen molar-refractivity contribution in [1.82, 2.24) is 0 Å². The van der Waals surface area contributed by atoms with Crippen molar-refractivity contribution in [2.45, 2.75) is 0 Å². The van der Waals surface area contributed by atoms with E-state index in [9.17, 15) is 25.0 Å². The highest BCUT2D eigenvalue weighted by atomic mass is 16.6. The van der Waals surface area contributed by atoms with E-state index in [1.165, 1.54) is 0 Å². The lowest BCUT2D eigenvalue weighted by atomic mass is 10.1. The molecule has 0 aliphatic heterocycles. The lowest BCUT2D eigenvalue weighted by molar-refractivity contribution is -0.394. The summed E-state index contributed by atoms with van der Waals surface area (Å²) in [5.74, 6) is -1.27.